The number of carbonyl (C=O) groups excluding carboxylic acids is 1. The van der Waals surface area contributed by atoms with Gasteiger partial charge in [0.15, 0.2) is 5.96 Å². The van der Waals surface area contributed by atoms with Gasteiger partial charge in [0, 0.05) is 33.3 Å². The van der Waals surface area contributed by atoms with E-state index in [1.165, 1.54) is 26.4 Å². The van der Waals surface area contributed by atoms with E-state index in [1.807, 2.05) is 0 Å². The molecule has 6 heteroatoms. The van der Waals surface area contributed by atoms with Gasteiger partial charge in [0.25, 0.3) is 0 Å². The zero-order chi connectivity index (χ0) is 18.3. The highest BCUT2D eigenvalue weighted by Gasteiger charge is 2.38. The van der Waals surface area contributed by atoms with Gasteiger partial charge in [-0.15, -0.1) is 0 Å². The lowest BCUT2D eigenvalue weighted by atomic mass is 9.84. The van der Waals surface area contributed by atoms with Crippen molar-refractivity contribution in [3.63, 3.8) is 0 Å². The number of ether oxygens (including phenoxy) is 2. The SMILES string of the molecule is CCCOC1(CNC(=NC)N2CC(C)C(C(=O)OC)C2)CCCCC1. The van der Waals surface area contributed by atoms with Crippen LogP contribution in [0.2, 0.25) is 0 Å². The van der Waals surface area contributed by atoms with Gasteiger partial charge < -0.3 is 19.7 Å². The molecular formula is C19H35N3O3. The van der Waals surface area contributed by atoms with Crippen molar-refractivity contribution >= 4 is 11.9 Å². The molecule has 1 heterocycles. The molecule has 2 fully saturated rings. The number of hydrogen-bond donors (Lipinski definition) is 1. The molecule has 1 saturated carbocycles. The normalized spacial score (nSPS) is 26.6. The molecule has 0 aromatic heterocycles. The smallest absolute Gasteiger partial charge is 0.310 e. The van der Waals surface area contributed by atoms with Crippen molar-refractivity contribution in [2.45, 2.75) is 58.0 Å². The minimum Gasteiger partial charge on any atom is -0.469 e. The van der Waals surface area contributed by atoms with Crippen LogP contribution in [-0.4, -0.2) is 62.8 Å². The zero-order valence-corrected chi connectivity index (χ0v) is 16.3. The average Bonchev–Trinajstić information content (AvgIpc) is 3.02. The third-order valence-electron chi connectivity index (χ3n) is 5.57. The molecule has 2 atom stereocenters. The Morgan fingerprint density at radius 2 is 2.00 bits per heavy atom. The maximum Gasteiger partial charge on any atom is 0.310 e. The van der Waals surface area contributed by atoms with E-state index in [2.05, 4.69) is 29.1 Å². The Bertz CT molecular complexity index is 461. The van der Waals surface area contributed by atoms with Gasteiger partial charge in [-0.3, -0.25) is 9.79 Å². The maximum atomic E-state index is 11.9. The zero-order valence-electron chi connectivity index (χ0n) is 16.3. The average molecular weight is 354 g/mol. The third-order valence-corrected chi connectivity index (χ3v) is 5.57. The summed E-state index contributed by atoms with van der Waals surface area (Å²) in [5.41, 5.74) is -0.0721. The standard InChI is InChI=1S/C19H35N3O3/c1-5-11-25-19(9-7-6-8-10-19)14-21-18(20-3)22-12-15(2)16(13-22)17(23)24-4/h15-16H,5-14H2,1-4H3,(H,20,21). The topological polar surface area (TPSA) is 63.2 Å². The van der Waals surface area contributed by atoms with E-state index < -0.39 is 0 Å². The van der Waals surface area contributed by atoms with Crippen molar-refractivity contribution in [1.82, 2.24) is 10.2 Å². The van der Waals surface area contributed by atoms with Gasteiger partial charge in [0.05, 0.1) is 18.6 Å². The highest BCUT2D eigenvalue weighted by Crippen LogP contribution is 2.31. The number of guanidine groups is 1. The van der Waals surface area contributed by atoms with E-state index >= 15 is 0 Å². The second-order valence-electron chi connectivity index (χ2n) is 7.50. The second-order valence-corrected chi connectivity index (χ2v) is 7.50. The van der Waals surface area contributed by atoms with Crippen molar-refractivity contribution in [3.8, 4) is 0 Å². The molecule has 1 aliphatic heterocycles. The summed E-state index contributed by atoms with van der Waals surface area (Å²) < 4.78 is 11.2. The summed E-state index contributed by atoms with van der Waals surface area (Å²) in [6.07, 6.45) is 7.03. The van der Waals surface area contributed by atoms with E-state index in [4.69, 9.17) is 9.47 Å². The number of rotatable bonds is 6. The van der Waals surface area contributed by atoms with Crippen molar-refractivity contribution in [3.05, 3.63) is 0 Å². The van der Waals surface area contributed by atoms with Gasteiger partial charge in [-0.25, -0.2) is 0 Å². The number of esters is 1. The summed E-state index contributed by atoms with van der Waals surface area (Å²) in [4.78, 5) is 18.5. The molecule has 6 nitrogen and oxygen atoms in total. The Morgan fingerprint density at radius 3 is 2.60 bits per heavy atom. The monoisotopic (exact) mass is 353 g/mol. The number of aliphatic imine (C=N–C) groups is 1. The Labute approximate surface area is 152 Å². The third kappa shape index (κ3) is 5.09. The molecule has 2 rings (SSSR count). The first kappa shape index (κ1) is 20.0. The highest BCUT2D eigenvalue weighted by molar-refractivity contribution is 5.82. The minimum atomic E-state index is -0.125. The van der Waals surface area contributed by atoms with Gasteiger partial charge in [0.1, 0.15) is 0 Å². The number of nitrogens with one attached hydrogen (secondary N) is 1. The number of hydrogen-bond acceptors (Lipinski definition) is 4. The molecular weight excluding hydrogens is 318 g/mol. The van der Waals surface area contributed by atoms with Crippen LogP contribution in [0.15, 0.2) is 4.99 Å². The summed E-state index contributed by atoms with van der Waals surface area (Å²) in [5, 5.41) is 3.53. The number of methoxy groups -OCH3 is 1. The fraction of sp³-hybridized carbons (Fsp3) is 0.895. The van der Waals surface area contributed by atoms with Crippen LogP contribution in [-0.2, 0) is 14.3 Å². The van der Waals surface area contributed by atoms with Crippen LogP contribution in [0.1, 0.15) is 52.4 Å². The Morgan fingerprint density at radius 1 is 1.28 bits per heavy atom. The van der Waals surface area contributed by atoms with Gasteiger partial charge in [-0.2, -0.15) is 0 Å². The van der Waals surface area contributed by atoms with Crippen molar-refractivity contribution in [1.29, 1.82) is 0 Å². The van der Waals surface area contributed by atoms with Crippen LogP contribution < -0.4 is 5.32 Å². The number of carbonyl (C=O) groups is 1. The number of nitrogens with zero attached hydrogens (tertiary/aromatic N) is 2. The molecule has 0 spiro atoms. The van der Waals surface area contributed by atoms with E-state index in [-0.39, 0.29) is 23.4 Å². The van der Waals surface area contributed by atoms with Gasteiger partial charge in [0.2, 0.25) is 0 Å². The maximum absolute atomic E-state index is 11.9. The Hall–Kier alpha value is -1.30. The van der Waals surface area contributed by atoms with Crippen molar-refractivity contribution < 1.29 is 14.3 Å². The van der Waals surface area contributed by atoms with E-state index in [9.17, 15) is 4.79 Å². The lowest BCUT2D eigenvalue weighted by Gasteiger charge is -2.38. The van der Waals surface area contributed by atoms with Crippen LogP contribution in [0.4, 0.5) is 0 Å². The highest BCUT2D eigenvalue weighted by atomic mass is 16.5. The molecule has 1 aliphatic carbocycles. The summed E-state index contributed by atoms with van der Waals surface area (Å²) in [5.74, 6) is 0.929. The van der Waals surface area contributed by atoms with Gasteiger partial charge in [-0.1, -0.05) is 33.1 Å². The Balaban J connectivity index is 1.96. The molecule has 1 saturated heterocycles. The van der Waals surface area contributed by atoms with Crippen LogP contribution in [0.25, 0.3) is 0 Å². The minimum absolute atomic E-state index is 0.0721. The van der Waals surface area contributed by atoms with Crippen LogP contribution in [0.3, 0.4) is 0 Å². The lowest BCUT2D eigenvalue weighted by molar-refractivity contribution is -0.146. The number of likely N-dealkylation sites (tertiary alicyclic amines) is 1. The molecule has 2 aliphatic rings. The fourth-order valence-corrected chi connectivity index (χ4v) is 4.06. The quantitative estimate of drug-likeness (QED) is 0.451. The largest absolute Gasteiger partial charge is 0.469 e. The van der Waals surface area contributed by atoms with Crippen molar-refractivity contribution in [2.75, 3.05) is 40.4 Å². The first-order valence-electron chi connectivity index (χ1n) is 9.72. The summed E-state index contributed by atoms with van der Waals surface area (Å²) >= 11 is 0. The van der Waals surface area contributed by atoms with Crippen molar-refractivity contribution in [2.24, 2.45) is 16.8 Å². The molecule has 0 radical (unpaired) electrons. The molecule has 2 unspecified atom stereocenters. The first-order valence-corrected chi connectivity index (χ1v) is 9.72. The molecule has 0 aromatic carbocycles. The Kier molecular flexibility index (Phi) is 7.54. The molecule has 0 amide bonds. The summed E-state index contributed by atoms with van der Waals surface area (Å²) in [6.45, 7) is 7.33. The molecule has 1 N–H and O–H groups in total. The molecule has 144 valence electrons. The fourth-order valence-electron chi connectivity index (χ4n) is 4.06. The van der Waals surface area contributed by atoms with Gasteiger partial charge >= 0.3 is 5.97 Å². The predicted octanol–water partition coefficient (Wildman–Crippen LogP) is 2.43. The molecule has 0 aromatic rings. The van der Waals surface area contributed by atoms with Crippen LogP contribution >= 0.6 is 0 Å². The van der Waals surface area contributed by atoms with Crippen LogP contribution in [0, 0.1) is 11.8 Å². The summed E-state index contributed by atoms with van der Waals surface area (Å²) in [7, 11) is 3.27. The van der Waals surface area contributed by atoms with Crippen LogP contribution in [0.5, 0.6) is 0 Å². The lowest BCUT2D eigenvalue weighted by Crippen LogP contribution is -2.50. The molecule has 25 heavy (non-hydrogen) atoms. The summed E-state index contributed by atoms with van der Waals surface area (Å²) in [6, 6.07) is 0. The first-order chi connectivity index (χ1) is 12.0. The predicted molar refractivity (Wildman–Crippen MR) is 99.7 cm³/mol. The van der Waals surface area contributed by atoms with Gasteiger partial charge in [-0.05, 0) is 25.2 Å². The van der Waals surface area contributed by atoms with E-state index in [0.717, 1.165) is 44.9 Å². The van der Waals surface area contributed by atoms with E-state index in [1.54, 1.807) is 7.05 Å². The second kappa shape index (κ2) is 9.41. The molecule has 0 bridgehead atoms. The van der Waals surface area contributed by atoms with E-state index in [0.29, 0.717) is 6.54 Å².